The summed E-state index contributed by atoms with van der Waals surface area (Å²) in [4.78, 5) is 31.5. The van der Waals surface area contributed by atoms with Gasteiger partial charge >= 0.3 is 6.03 Å². The minimum Gasteiger partial charge on any atom is -0.486 e. The molecule has 8 nitrogen and oxygen atoms in total. The van der Waals surface area contributed by atoms with Gasteiger partial charge in [-0.2, -0.15) is 0 Å². The lowest BCUT2D eigenvalue weighted by molar-refractivity contribution is -0.117. The van der Waals surface area contributed by atoms with Crippen molar-refractivity contribution in [2.45, 2.75) is 11.3 Å². The van der Waals surface area contributed by atoms with E-state index in [-0.39, 0.29) is 18.4 Å². The maximum absolute atomic E-state index is 11.8. The minimum absolute atomic E-state index is 0.0495. The van der Waals surface area contributed by atoms with Crippen LogP contribution in [0.4, 0.5) is 4.79 Å². The lowest BCUT2D eigenvalue weighted by Crippen LogP contribution is -2.46. The first-order valence-corrected chi connectivity index (χ1v) is 8.55. The van der Waals surface area contributed by atoms with Crippen LogP contribution in [0.15, 0.2) is 47.9 Å². The number of para-hydroxylation sites is 2. The summed E-state index contributed by atoms with van der Waals surface area (Å²) in [6.07, 6.45) is 2.86. The van der Waals surface area contributed by atoms with Gasteiger partial charge in [-0.1, -0.05) is 23.9 Å². The van der Waals surface area contributed by atoms with Crippen molar-refractivity contribution in [1.29, 1.82) is 0 Å². The number of nitrogens with zero attached hydrogens (tertiary/aromatic N) is 2. The molecule has 0 saturated carbocycles. The first-order valence-electron chi connectivity index (χ1n) is 7.56. The van der Waals surface area contributed by atoms with Gasteiger partial charge in [-0.3, -0.25) is 10.1 Å². The zero-order valence-corrected chi connectivity index (χ0v) is 14.0. The highest BCUT2D eigenvalue weighted by molar-refractivity contribution is 7.99. The van der Waals surface area contributed by atoms with E-state index in [0.717, 1.165) is 11.8 Å². The summed E-state index contributed by atoms with van der Waals surface area (Å²) in [6.45, 7) is 0.550. The molecule has 1 aromatic carbocycles. The third-order valence-electron chi connectivity index (χ3n) is 3.19. The molecule has 3 rings (SSSR count). The molecule has 1 aromatic heterocycles. The molecule has 0 aliphatic carbocycles. The van der Waals surface area contributed by atoms with Crippen molar-refractivity contribution in [3.05, 3.63) is 42.7 Å². The number of imide groups is 1. The monoisotopic (exact) mass is 360 g/mol. The third-order valence-corrected chi connectivity index (χ3v) is 4.06. The van der Waals surface area contributed by atoms with Gasteiger partial charge in [-0.15, -0.1) is 0 Å². The number of carbonyl (C=O) groups is 2. The number of rotatable bonds is 5. The SMILES string of the molecule is O=C(CSc1ncccn1)NC(=O)NCC1COc2ccccc2O1. The molecule has 1 unspecified atom stereocenters. The van der Waals surface area contributed by atoms with Crippen LogP contribution in [-0.4, -0.2) is 46.9 Å². The lowest BCUT2D eigenvalue weighted by atomic mass is 10.2. The van der Waals surface area contributed by atoms with Gasteiger partial charge in [0.15, 0.2) is 22.8 Å². The van der Waals surface area contributed by atoms with Crippen LogP contribution < -0.4 is 20.1 Å². The smallest absolute Gasteiger partial charge is 0.321 e. The second-order valence-electron chi connectivity index (χ2n) is 5.08. The zero-order valence-electron chi connectivity index (χ0n) is 13.2. The Morgan fingerprint density at radius 1 is 1.16 bits per heavy atom. The first kappa shape index (κ1) is 17.0. The van der Waals surface area contributed by atoms with Crippen LogP contribution in [-0.2, 0) is 4.79 Å². The van der Waals surface area contributed by atoms with Gasteiger partial charge in [0, 0.05) is 12.4 Å². The number of amides is 3. The summed E-state index contributed by atoms with van der Waals surface area (Å²) in [5, 5.41) is 5.32. The number of benzene rings is 1. The fourth-order valence-corrected chi connectivity index (χ4v) is 2.67. The molecular formula is C16H16N4O4S. The Bertz CT molecular complexity index is 744. The molecule has 2 heterocycles. The van der Waals surface area contributed by atoms with Crippen LogP contribution in [0.5, 0.6) is 11.5 Å². The Kier molecular flexibility index (Phi) is 5.68. The molecule has 3 amide bonds. The van der Waals surface area contributed by atoms with Crippen molar-refractivity contribution in [3.63, 3.8) is 0 Å². The maximum atomic E-state index is 11.8. The van der Waals surface area contributed by atoms with E-state index in [9.17, 15) is 9.59 Å². The summed E-state index contributed by atoms with van der Waals surface area (Å²) in [5.41, 5.74) is 0. The van der Waals surface area contributed by atoms with Crippen LogP contribution in [0.1, 0.15) is 0 Å². The number of hydrogen-bond donors (Lipinski definition) is 2. The van der Waals surface area contributed by atoms with E-state index in [1.54, 1.807) is 24.5 Å². The van der Waals surface area contributed by atoms with Crippen LogP contribution in [0.25, 0.3) is 0 Å². The number of ether oxygens (including phenoxy) is 2. The molecule has 1 aliphatic heterocycles. The molecule has 2 aromatic rings. The van der Waals surface area contributed by atoms with Crippen LogP contribution in [0, 0.1) is 0 Å². The number of thioether (sulfide) groups is 1. The Balaban J connectivity index is 1.37. The second-order valence-corrected chi connectivity index (χ2v) is 6.02. The molecule has 1 aliphatic rings. The molecule has 0 radical (unpaired) electrons. The molecule has 1 atom stereocenters. The normalized spacial score (nSPS) is 15.3. The van der Waals surface area contributed by atoms with Gasteiger partial charge < -0.3 is 14.8 Å². The Hall–Kier alpha value is -2.81. The molecule has 130 valence electrons. The summed E-state index contributed by atoms with van der Waals surface area (Å²) in [6, 6.07) is 8.43. The maximum Gasteiger partial charge on any atom is 0.321 e. The number of aromatic nitrogens is 2. The topological polar surface area (TPSA) is 102 Å². The van der Waals surface area contributed by atoms with Crippen LogP contribution in [0.3, 0.4) is 0 Å². The highest BCUT2D eigenvalue weighted by Gasteiger charge is 2.21. The zero-order chi connectivity index (χ0) is 17.5. The standard InChI is InChI=1S/C16H16N4O4S/c21-14(10-25-16-17-6-3-7-18-16)20-15(22)19-8-11-9-23-12-4-1-2-5-13(12)24-11/h1-7,11H,8-10H2,(H2,19,20,21,22). The van der Waals surface area contributed by atoms with Crippen molar-refractivity contribution in [1.82, 2.24) is 20.6 Å². The fraction of sp³-hybridized carbons (Fsp3) is 0.250. The molecule has 0 spiro atoms. The van der Waals surface area contributed by atoms with E-state index in [0.29, 0.717) is 23.3 Å². The van der Waals surface area contributed by atoms with E-state index in [1.807, 2.05) is 18.2 Å². The van der Waals surface area contributed by atoms with E-state index in [2.05, 4.69) is 20.6 Å². The van der Waals surface area contributed by atoms with Gasteiger partial charge in [0.25, 0.3) is 0 Å². The average Bonchev–Trinajstić information content (AvgIpc) is 2.65. The number of fused-ring (bicyclic) bond motifs is 1. The van der Waals surface area contributed by atoms with Crippen molar-refractivity contribution in [2.75, 3.05) is 18.9 Å². The molecule has 25 heavy (non-hydrogen) atoms. The third kappa shape index (κ3) is 5.08. The Morgan fingerprint density at radius 2 is 1.92 bits per heavy atom. The Morgan fingerprint density at radius 3 is 2.72 bits per heavy atom. The van der Waals surface area contributed by atoms with Gasteiger partial charge in [-0.25, -0.2) is 14.8 Å². The van der Waals surface area contributed by atoms with Crippen molar-refractivity contribution in [3.8, 4) is 11.5 Å². The quantitative estimate of drug-likeness (QED) is 0.611. The molecule has 2 N–H and O–H groups in total. The lowest BCUT2D eigenvalue weighted by Gasteiger charge is -2.26. The number of urea groups is 1. The number of nitrogens with one attached hydrogen (secondary N) is 2. The van der Waals surface area contributed by atoms with Gasteiger partial charge in [0.1, 0.15) is 6.61 Å². The summed E-state index contributed by atoms with van der Waals surface area (Å²) in [7, 11) is 0. The first-order chi connectivity index (χ1) is 12.2. The predicted molar refractivity (Wildman–Crippen MR) is 90.7 cm³/mol. The molecule has 0 saturated heterocycles. The number of carbonyl (C=O) groups excluding carboxylic acids is 2. The average molecular weight is 360 g/mol. The minimum atomic E-state index is -0.581. The van der Waals surface area contributed by atoms with Gasteiger partial charge in [-0.05, 0) is 18.2 Å². The van der Waals surface area contributed by atoms with Crippen molar-refractivity contribution in [2.24, 2.45) is 0 Å². The molecular weight excluding hydrogens is 344 g/mol. The van der Waals surface area contributed by atoms with E-state index in [1.165, 1.54) is 0 Å². The highest BCUT2D eigenvalue weighted by atomic mass is 32.2. The van der Waals surface area contributed by atoms with Crippen molar-refractivity contribution >= 4 is 23.7 Å². The molecule has 9 heteroatoms. The van der Waals surface area contributed by atoms with Gasteiger partial charge in [0.2, 0.25) is 5.91 Å². The Labute approximate surface area is 148 Å². The second kappa shape index (κ2) is 8.34. The summed E-state index contributed by atoms with van der Waals surface area (Å²) >= 11 is 1.15. The summed E-state index contributed by atoms with van der Waals surface area (Å²) < 4.78 is 11.3. The largest absolute Gasteiger partial charge is 0.486 e. The molecule has 0 fully saturated rings. The van der Waals surface area contributed by atoms with E-state index < -0.39 is 11.9 Å². The van der Waals surface area contributed by atoms with E-state index >= 15 is 0 Å². The van der Waals surface area contributed by atoms with Gasteiger partial charge in [0.05, 0.1) is 12.3 Å². The fourth-order valence-electron chi connectivity index (χ4n) is 2.07. The van der Waals surface area contributed by atoms with Crippen LogP contribution >= 0.6 is 11.8 Å². The van der Waals surface area contributed by atoms with E-state index in [4.69, 9.17) is 9.47 Å². The summed E-state index contributed by atoms with van der Waals surface area (Å²) in [5.74, 6) is 0.935. The molecule has 0 bridgehead atoms. The predicted octanol–water partition coefficient (Wildman–Crippen LogP) is 1.23. The van der Waals surface area contributed by atoms with Crippen molar-refractivity contribution < 1.29 is 19.1 Å². The van der Waals surface area contributed by atoms with Crippen LogP contribution in [0.2, 0.25) is 0 Å². The highest BCUT2D eigenvalue weighted by Crippen LogP contribution is 2.30. The number of hydrogen-bond acceptors (Lipinski definition) is 7.